The third-order valence-corrected chi connectivity index (χ3v) is 3.29. The van der Waals surface area contributed by atoms with E-state index in [0.29, 0.717) is 13.2 Å². The Morgan fingerprint density at radius 3 is 2.71 bits per heavy atom. The molecule has 0 bridgehead atoms. The van der Waals surface area contributed by atoms with Gasteiger partial charge in [-0.3, -0.25) is 0 Å². The standard InChI is InChI=1S/C13H16N2OS/c1-2-16-8-13-15-12(9-17-13)11-5-3-10(7-14)4-6-11/h3-6,9H,2,7-8,14H2,1H3. The zero-order chi connectivity index (χ0) is 12.1. The fourth-order valence-electron chi connectivity index (χ4n) is 1.51. The minimum absolute atomic E-state index is 0.576. The summed E-state index contributed by atoms with van der Waals surface area (Å²) in [5.74, 6) is 0. The van der Waals surface area contributed by atoms with Crippen molar-refractivity contribution in [2.75, 3.05) is 6.61 Å². The Labute approximate surface area is 105 Å². The molecule has 90 valence electrons. The number of nitrogens with zero attached hydrogens (tertiary/aromatic N) is 1. The summed E-state index contributed by atoms with van der Waals surface area (Å²) >= 11 is 1.63. The molecule has 17 heavy (non-hydrogen) atoms. The van der Waals surface area contributed by atoms with Crippen molar-refractivity contribution in [3.8, 4) is 11.3 Å². The number of hydrogen-bond donors (Lipinski definition) is 1. The third-order valence-electron chi connectivity index (χ3n) is 2.47. The van der Waals surface area contributed by atoms with E-state index in [2.05, 4.69) is 22.5 Å². The highest BCUT2D eigenvalue weighted by Gasteiger charge is 2.04. The van der Waals surface area contributed by atoms with Crippen molar-refractivity contribution in [3.05, 3.63) is 40.2 Å². The summed E-state index contributed by atoms with van der Waals surface area (Å²) in [6.45, 7) is 3.88. The first-order valence-electron chi connectivity index (χ1n) is 5.65. The van der Waals surface area contributed by atoms with Gasteiger partial charge in [-0.15, -0.1) is 11.3 Å². The van der Waals surface area contributed by atoms with Gasteiger partial charge in [0.25, 0.3) is 0 Å². The lowest BCUT2D eigenvalue weighted by Gasteiger charge is -1.99. The van der Waals surface area contributed by atoms with Gasteiger partial charge in [-0.1, -0.05) is 24.3 Å². The molecular weight excluding hydrogens is 232 g/mol. The van der Waals surface area contributed by atoms with Crippen LogP contribution in [0, 0.1) is 0 Å². The fourth-order valence-corrected chi connectivity index (χ4v) is 2.25. The van der Waals surface area contributed by atoms with E-state index in [1.807, 2.05) is 19.1 Å². The number of benzene rings is 1. The van der Waals surface area contributed by atoms with Crippen LogP contribution in [0.25, 0.3) is 11.3 Å². The monoisotopic (exact) mass is 248 g/mol. The first-order valence-corrected chi connectivity index (χ1v) is 6.53. The molecule has 0 spiro atoms. The molecule has 0 radical (unpaired) electrons. The zero-order valence-electron chi connectivity index (χ0n) is 9.85. The minimum atomic E-state index is 0.576. The van der Waals surface area contributed by atoms with Gasteiger partial charge in [0, 0.05) is 24.1 Å². The molecule has 0 atom stereocenters. The summed E-state index contributed by atoms with van der Waals surface area (Å²) in [6.07, 6.45) is 0. The predicted molar refractivity (Wildman–Crippen MR) is 70.8 cm³/mol. The third kappa shape index (κ3) is 3.12. The average Bonchev–Trinajstić information content (AvgIpc) is 2.85. The molecule has 0 unspecified atom stereocenters. The molecule has 1 aromatic carbocycles. The molecule has 0 aliphatic carbocycles. The van der Waals surface area contributed by atoms with Crippen molar-refractivity contribution in [1.29, 1.82) is 0 Å². The minimum Gasteiger partial charge on any atom is -0.375 e. The smallest absolute Gasteiger partial charge is 0.119 e. The maximum atomic E-state index is 5.57. The molecule has 3 nitrogen and oxygen atoms in total. The summed E-state index contributed by atoms with van der Waals surface area (Å²) in [5, 5.41) is 3.08. The van der Waals surface area contributed by atoms with E-state index in [4.69, 9.17) is 10.5 Å². The molecule has 2 rings (SSSR count). The molecule has 0 saturated heterocycles. The highest BCUT2D eigenvalue weighted by atomic mass is 32.1. The number of ether oxygens (including phenoxy) is 1. The molecule has 1 heterocycles. The van der Waals surface area contributed by atoms with Crippen LogP contribution in [0.1, 0.15) is 17.5 Å². The van der Waals surface area contributed by atoms with Gasteiger partial charge in [-0.2, -0.15) is 0 Å². The van der Waals surface area contributed by atoms with Crippen LogP contribution in [0.2, 0.25) is 0 Å². The van der Waals surface area contributed by atoms with Gasteiger partial charge in [-0.25, -0.2) is 4.98 Å². The molecule has 0 saturated carbocycles. The molecule has 2 aromatic rings. The molecule has 0 amide bonds. The van der Waals surface area contributed by atoms with E-state index < -0.39 is 0 Å². The summed E-state index contributed by atoms with van der Waals surface area (Å²) < 4.78 is 5.34. The van der Waals surface area contributed by atoms with Crippen LogP contribution in [-0.2, 0) is 17.9 Å². The van der Waals surface area contributed by atoms with Crippen molar-refractivity contribution < 1.29 is 4.74 Å². The topological polar surface area (TPSA) is 48.1 Å². The van der Waals surface area contributed by atoms with Crippen LogP contribution in [0.5, 0.6) is 0 Å². The number of rotatable bonds is 5. The van der Waals surface area contributed by atoms with E-state index >= 15 is 0 Å². The van der Waals surface area contributed by atoms with E-state index in [1.54, 1.807) is 11.3 Å². The van der Waals surface area contributed by atoms with Crippen molar-refractivity contribution in [1.82, 2.24) is 4.98 Å². The first kappa shape index (κ1) is 12.2. The van der Waals surface area contributed by atoms with E-state index in [-0.39, 0.29) is 0 Å². The quantitative estimate of drug-likeness (QED) is 0.885. The molecule has 4 heteroatoms. The number of aromatic nitrogens is 1. The van der Waals surface area contributed by atoms with Crippen LogP contribution >= 0.6 is 11.3 Å². The zero-order valence-corrected chi connectivity index (χ0v) is 10.7. The molecule has 2 N–H and O–H groups in total. The summed E-state index contributed by atoms with van der Waals surface area (Å²) in [5.41, 5.74) is 8.84. The van der Waals surface area contributed by atoms with E-state index in [9.17, 15) is 0 Å². The molecule has 0 aliphatic heterocycles. The van der Waals surface area contributed by atoms with E-state index in [0.717, 1.165) is 28.4 Å². The lowest BCUT2D eigenvalue weighted by molar-refractivity contribution is 0.134. The predicted octanol–water partition coefficient (Wildman–Crippen LogP) is 2.81. The Bertz CT molecular complexity index is 465. The second kappa shape index (κ2) is 5.91. The molecular formula is C13H16N2OS. The Hall–Kier alpha value is -1.23. The fraction of sp³-hybridized carbons (Fsp3) is 0.308. The summed E-state index contributed by atoms with van der Waals surface area (Å²) in [7, 11) is 0. The van der Waals surface area contributed by atoms with Crippen molar-refractivity contribution in [2.45, 2.75) is 20.1 Å². The second-order valence-electron chi connectivity index (χ2n) is 3.66. The van der Waals surface area contributed by atoms with Gasteiger partial charge in [0.15, 0.2) is 0 Å². The van der Waals surface area contributed by atoms with Crippen LogP contribution < -0.4 is 5.73 Å². The molecule has 0 aliphatic rings. The lowest BCUT2D eigenvalue weighted by atomic mass is 10.1. The maximum Gasteiger partial charge on any atom is 0.119 e. The normalized spacial score (nSPS) is 10.7. The maximum absolute atomic E-state index is 5.57. The number of thiazole rings is 1. The van der Waals surface area contributed by atoms with Gasteiger partial charge < -0.3 is 10.5 Å². The first-order chi connectivity index (χ1) is 8.33. The summed E-state index contributed by atoms with van der Waals surface area (Å²) in [4.78, 5) is 4.54. The van der Waals surface area contributed by atoms with Crippen molar-refractivity contribution in [3.63, 3.8) is 0 Å². The Morgan fingerprint density at radius 1 is 1.29 bits per heavy atom. The van der Waals surface area contributed by atoms with Crippen LogP contribution in [0.3, 0.4) is 0 Å². The van der Waals surface area contributed by atoms with Gasteiger partial charge in [0.1, 0.15) is 5.01 Å². The highest BCUT2D eigenvalue weighted by Crippen LogP contribution is 2.22. The van der Waals surface area contributed by atoms with Crippen LogP contribution in [0.4, 0.5) is 0 Å². The highest BCUT2D eigenvalue weighted by molar-refractivity contribution is 7.09. The SMILES string of the molecule is CCOCc1nc(-c2ccc(CN)cc2)cs1. The largest absolute Gasteiger partial charge is 0.375 e. The lowest BCUT2D eigenvalue weighted by Crippen LogP contribution is -1.95. The van der Waals surface area contributed by atoms with Gasteiger partial charge >= 0.3 is 0 Å². The van der Waals surface area contributed by atoms with Crippen LogP contribution in [-0.4, -0.2) is 11.6 Å². The van der Waals surface area contributed by atoms with Crippen LogP contribution in [0.15, 0.2) is 29.6 Å². The number of nitrogens with two attached hydrogens (primary N) is 1. The number of hydrogen-bond acceptors (Lipinski definition) is 4. The molecule has 0 fully saturated rings. The average molecular weight is 248 g/mol. The van der Waals surface area contributed by atoms with Crippen molar-refractivity contribution in [2.24, 2.45) is 5.73 Å². The Balaban J connectivity index is 2.12. The summed E-state index contributed by atoms with van der Waals surface area (Å²) in [6, 6.07) is 8.19. The second-order valence-corrected chi connectivity index (χ2v) is 4.61. The van der Waals surface area contributed by atoms with E-state index in [1.165, 1.54) is 0 Å². The Morgan fingerprint density at radius 2 is 2.06 bits per heavy atom. The van der Waals surface area contributed by atoms with Gasteiger partial charge in [0.2, 0.25) is 0 Å². The Kier molecular flexibility index (Phi) is 4.25. The molecule has 1 aromatic heterocycles. The van der Waals surface area contributed by atoms with Gasteiger partial charge in [-0.05, 0) is 12.5 Å². The van der Waals surface area contributed by atoms with Crippen molar-refractivity contribution >= 4 is 11.3 Å². The van der Waals surface area contributed by atoms with Gasteiger partial charge in [0.05, 0.1) is 12.3 Å².